The van der Waals surface area contributed by atoms with Crippen molar-refractivity contribution in [3.8, 4) is 5.75 Å². The fourth-order valence-corrected chi connectivity index (χ4v) is 3.32. The second-order valence-corrected chi connectivity index (χ2v) is 7.27. The van der Waals surface area contributed by atoms with Gasteiger partial charge in [0.25, 0.3) is 0 Å². The number of sulfone groups is 1. The summed E-state index contributed by atoms with van der Waals surface area (Å²) in [6.07, 6.45) is 0.836. The smallest absolute Gasteiger partial charge is 0.153 e. The van der Waals surface area contributed by atoms with Gasteiger partial charge in [0, 0.05) is 0 Å². The van der Waals surface area contributed by atoms with Crippen LogP contribution < -0.4 is 10.5 Å². The quantitative estimate of drug-likeness (QED) is 0.788. The minimum Gasteiger partial charge on any atom is -0.493 e. The van der Waals surface area contributed by atoms with Crippen molar-refractivity contribution < 1.29 is 13.2 Å². The molecular weight excluding hydrogens is 262 g/mol. The largest absolute Gasteiger partial charge is 0.493 e. The molecule has 1 aromatic carbocycles. The van der Waals surface area contributed by atoms with Crippen LogP contribution in [0.1, 0.15) is 19.4 Å². The first-order valence-corrected chi connectivity index (χ1v) is 8.37. The lowest BCUT2D eigenvalue weighted by molar-refractivity contribution is 0.340. The van der Waals surface area contributed by atoms with E-state index in [2.05, 4.69) is 0 Å². The van der Waals surface area contributed by atoms with Crippen LogP contribution in [-0.2, 0) is 16.3 Å². The van der Waals surface area contributed by atoms with E-state index < -0.39 is 9.84 Å². The van der Waals surface area contributed by atoms with Crippen molar-refractivity contribution in [2.24, 2.45) is 11.7 Å². The second-order valence-electron chi connectivity index (χ2n) is 5.04. The fraction of sp³-hybridized carbons (Fsp3) is 0.571. The molecule has 0 aliphatic heterocycles. The molecule has 0 unspecified atom stereocenters. The van der Waals surface area contributed by atoms with Crippen LogP contribution in [0.2, 0.25) is 0 Å². The zero-order valence-corrected chi connectivity index (χ0v) is 12.4. The number of hydrogen-bond acceptors (Lipinski definition) is 4. The molecule has 0 aliphatic rings. The lowest BCUT2D eigenvalue weighted by atomic mass is 10.1. The van der Waals surface area contributed by atoms with Gasteiger partial charge in [0.15, 0.2) is 9.84 Å². The van der Waals surface area contributed by atoms with Crippen molar-refractivity contribution in [3.05, 3.63) is 29.8 Å². The molecule has 1 aromatic rings. The molecule has 0 aromatic heterocycles. The number of ether oxygens (including phenoxy) is 1. The summed E-state index contributed by atoms with van der Waals surface area (Å²) in [4.78, 5) is 0. The van der Waals surface area contributed by atoms with Gasteiger partial charge in [-0.05, 0) is 36.6 Å². The van der Waals surface area contributed by atoms with Gasteiger partial charge in [-0.25, -0.2) is 8.42 Å². The highest BCUT2D eigenvalue weighted by atomic mass is 32.2. The van der Waals surface area contributed by atoms with Gasteiger partial charge in [-0.3, -0.25) is 0 Å². The third kappa shape index (κ3) is 6.59. The Hall–Kier alpha value is -1.07. The molecule has 1 rings (SSSR count). The van der Waals surface area contributed by atoms with Crippen LogP contribution in [0.4, 0.5) is 0 Å². The Balaban J connectivity index is 2.40. The van der Waals surface area contributed by atoms with Gasteiger partial charge in [0.05, 0.1) is 11.5 Å². The maximum absolute atomic E-state index is 11.7. The van der Waals surface area contributed by atoms with Crippen LogP contribution >= 0.6 is 0 Å². The molecule has 0 heterocycles. The van der Waals surface area contributed by atoms with E-state index in [0.29, 0.717) is 12.3 Å². The third-order valence-corrected chi connectivity index (χ3v) is 4.57. The summed E-state index contributed by atoms with van der Waals surface area (Å²) in [5.41, 5.74) is 6.62. The first-order chi connectivity index (χ1) is 8.93. The summed E-state index contributed by atoms with van der Waals surface area (Å²) < 4.78 is 28.8. The van der Waals surface area contributed by atoms with E-state index in [0.717, 1.165) is 12.0 Å². The predicted octanol–water partition coefficient (Wildman–Crippen LogP) is 1.64. The second kappa shape index (κ2) is 7.50. The molecule has 0 aliphatic carbocycles. The number of rotatable bonds is 8. The van der Waals surface area contributed by atoms with Crippen LogP contribution in [0, 0.1) is 5.92 Å². The van der Waals surface area contributed by atoms with Crippen molar-refractivity contribution in [3.63, 3.8) is 0 Å². The van der Waals surface area contributed by atoms with Gasteiger partial charge in [-0.15, -0.1) is 0 Å². The van der Waals surface area contributed by atoms with E-state index in [1.165, 1.54) is 0 Å². The molecule has 0 spiro atoms. The normalized spacial score (nSPS) is 11.8. The third-order valence-electron chi connectivity index (χ3n) is 2.61. The van der Waals surface area contributed by atoms with E-state index in [-0.39, 0.29) is 24.0 Å². The summed E-state index contributed by atoms with van der Waals surface area (Å²) in [6.45, 7) is 4.61. The maximum atomic E-state index is 11.7. The molecule has 0 bridgehead atoms. The van der Waals surface area contributed by atoms with Crippen LogP contribution in [0.15, 0.2) is 24.3 Å². The van der Waals surface area contributed by atoms with Gasteiger partial charge in [-0.2, -0.15) is 0 Å². The van der Waals surface area contributed by atoms with E-state index in [1.807, 2.05) is 38.1 Å². The van der Waals surface area contributed by atoms with Crippen LogP contribution in [0.5, 0.6) is 5.75 Å². The van der Waals surface area contributed by atoms with Gasteiger partial charge in [0.1, 0.15) is 12.4 Å². The molecule has 0 amide bonds. The molecule has 0 fully saturated rings. The van der Waals surface area contributed by atoms with E-state index in [9.17, 15) is 8.42 Å². The van der Waals surface area contributed by atoms with Crippen molar-refractivity contribution in [1.29, 1.82) is 0 Å². The predicted molar refractivity (Wildman–Crippen MR) is 78.2 cm³/mol. The van der Waals surface area contributed by atoms with E-state index in [4.69, 9.17) is 10.5 Å². The summed E-state index contributed by atoms with van der Waals surface area (Å²) in [7, 11) is -3.01. The summed E-state index contributed by atoms with van der Waals surface area (Å²) in [5.74, 6) is 1.13. The molecule has 108 valence electrons. The topological polar surface area (TPSA) is 69.4 Å². The Labute approximate surface area is 115 Å². The Bertz CT molecular complexity index is 466. The molecule has 0 saturated carbocycles. The maximum Gasteiger partial charge on any atom is 0.153 e. The molecule has 2 N–H and O–H groups in total. The lowest BCUT2D eigenvalue weighted by Crippen LogP contribution is -2.19. The number of benzene rings is 1. The van der Waals surface area contributed by atoms with Crippen LogP contribution in [-0.4, -0.2) is 33.1 Å². The summed E-state index contributed by atoms with van der Waals surface area (Å²) >= 11 is 0. The van der Waals surface area contributed by atoms with Gasteiger partial charge in [-0.1, -0.05) is 26.0 Å². The van der Waals surface area contributed by atoms with Crippen molar-refractivity contribution in [2.45, 2.75) is 20.3 Å². The average Bonchev–Trinajstić information content (AvgIpc) is 2.30. The van der Waals surface area contributed by atoms with Gasteiger partial charge in [0.2, 0.25) is 0 Å². The minimum absolute atomic E-state index is 0.0652. The van der Waals surface area contributed by atoms with E-state index in [1.54, 1.807) is 0 Å². The molecule has 4 nitrogen and oxygen atoms in total. The zero-order valence-electron chi connectivity index (χ0n) is 11.6. The average molecular weight is 285 g/mol. The Morgan fingerprint density at radius 1 is 1.21 bits per heavy atom. The zero-order chi connectivity index (χ0) is 14.3. The first-order valence-electron chi connectivity index (χ1n) is 6.55. The molecule has 0 saturated heterocycles. The van der Waals surface area contributed by atoms with Gasteiger partial charge < -0.3 is 10.5 Å². The standard InChI is InChI=1S/C14H23NO3S/c1-12(2)11-19(16,17)10-9-18-14-5-3-13(4-6-14)7-8-15/h3-6,12H,7-11,15H2,1-2H3. The van der Waals surface area contributed by atoms with Crippen molar-refractivity contribution >= 4 is 9.84 Å². The highest BCUT2D eigenvalue weighted by molar-refractivity contribution is 7.91. The fourth-order valence-electron chi connectivity index (χ4n) is 1.80. The van der Waals surface area contributed by atoms with Crippen LogP contribution in [0.25, 0.3) is 0 Å². The molecular formula is C14H23NO3S. The SMILES string of the molecule is CC(C)CS(=O)(=O)CCOc1ccc(CCN)cc1. The molecule has 0 radical (unpaired) electrons. The Kier molecular flexibility index (Phi) is 6.31. The monoisotopic (exact) mass is 285 g/mol. The summed E-state index contributed by atoms with van der Waals surface area (Å²) in [6, 6.07) is 7.59. The minimum atomic E-state index is -3.01. The molecule has 5 heteroatoms. The van der Waals surface area contributed by atoms with Gasteiger partial charge >= 0.3 is 0 Å². The number of hydrogen-bond donors (Lipinski definition) is 1. The highest BCUT2D eigenvalue weighted by Crippen LogP contribution is 2.12. The van der Waals surface area contributed by atoms with Crippen molar-refractivity contribution in [2.75, 3.05) is 24.7 Å². The molecule has 0 atom stereocenters. The van der Waals surface area contributed by atoms with Crippen molar-refractivity contribution in [1.82, 2.24) is 0 Å². The first kappa shape index (κ1) is 16.0. The summed E-state index contributed by atoms with van der Waals surface area (Å²) in [5, 5.41) is 0. The highest BCUT2D eigenvalue weighted by Gasteiger charge is 2.13. The lowest BCUT2D eigenvalue weighted by Gasteiger charge is -2.09. The number of nitrogens with two attached hydrogens (primary N) is 1. The van der Waals surface area contributed by atoms with E-state index >= 15 is 0 Å². The Morgan fingerprint density at radius 2 is 1.84 bits per heavy atom. The Morgan fingerprint density at radius 3 is 2.37 bits per heavy atom. The molecule has 19 heavy (non-hydrogen) atoms. The van der Waals surface area contributed by atoms with Crippen LogP contribution in [0.3, 0.4) is 0 Å².